The molecule has 0 radical (unpaired) electrons. The van der Waals surface area contributed by atoms with E-state index in [0.717, 1.165) is 0 Å². The Bertz CT molecular complexity index is 316. The van der Waals surface area contributed by atoms with Gasteiger partial charge in [-0.2, -0.15) is 13.2 Å². The number of rotatable bonds is 6. The molecular weight excluding hydrogens is 231 g/mol. The van der Waals surface area contributed by atoms with Crippen molar-refractivity contribution in [2.24, 2.45) is 10.7 Å². The second-order valence-corrected chi connectivity index (χ2v) is 3.42. The van der Waals surface area contributed by atoms with Gasteiger partial charge in [-0.1, -0.05) is 20.4 Å². The molecule has 0 aliphatic rings. The Balaban J connectivity index is 4.96. The molecule has 0 saturated heterocycles. The second kappa shape index (κ2) is 6.98. The largest absolute Gasteiger partial charge is 0.419 e. The molecule has 0 spiro atoms. The van der Waals surface area contributed by atoms with Crippen LogP contribution in [-0.2, 0) is 0 Å². The third-order valence-corrected chi connectivity index (χ3v) is 1.94. The molecule has 0 rings (SSSR count). The van der Waals surface area contributed by atoms with Gasteiger partial charge in [0, 0.05) is 24.9 Å². The number of alkyl halides is 3. The smallest absolute Gasteiger partial charge is 0.387 e. The molecule has 0 bridgehead atoms. The summed E-state index contributed by atoms with van der Waals surface area (Å²) in [5.74, 6) is 0.148. The summed E-state index contributed by atoms with van der Waals surface area (Å²) in [6.45, 7) is 7.35. The highest BCUT2D eigenvalue weighted by Crippen LogP contribution is 2.29. The summed E-state index contributed by atoms with van der Waals surface area (Å²) >= 11 is 0. The van der Waals surface area contributed by atoms with E-state index in [4.69, 9.17) is 5.73 Å². The molecule has 0 saturated carbocycles. The molecule has 0 aromatic carbocycles. The van der Waals surface area contributed by atoms with Gasteiger partial charge in [-0.3, -0.25) is 0 Å². The first kappa shape index (κ1) is 15.5. The van der Waals surface area contributed by atoms with Crippen LogP contribution < -0.4 is 11.1 Å². The molecule has 0 aromatic rings. The van der Waals surface area contributed by atoms with Gasteiger partial charge in [-0.25, -0.2) is 4.99 Å². The molecule has 3 nitrogen and oxygen atoms in total. The summed E-state index contributed by atoms with van der Waals surface area (Å²) in [6, 6.07) is 0. The number of halogens is 3. The summed E-state index contributed by atoms with van der Waals surface area (Å²) in [4.78, 5) is 3.55. The Hall–Kier alpha value is -1.46. The van der Waals surface area contributed by atoms with Crippen molar-refractivity contribution in [1.82, 2.24) is 5.32 Å². The van der Waals surface area contributed by atoms with Crippen LogP contribution in [-0.4, -0.2) is 18.6 Å². The van der Waals surface area contributed by atoms with Crippen molar-refractivity contribution < 1.29 is 13.2 Å². The zero-order valence-electron chi connectivity index (χ0n) is 10.1. The molecule has 0 aromatic heterocycles. The minimum Gasteiger partial charge on any atom is -0.387 e. The van der Waals surface area contributed by atoms with Crippen LogP contribution in [0.1, 0.15) is 26.7 Å². The molecule has 3 N–H and O–H groups in total. The van der Waals surface area contributed by atoms with Crippen molar-refractivity contribution in [2.75, 3.05) is 6.54 Å². The van der Waals surface area contributed by atoms with Crippen molar-refractivity contribution in [2.45, 2.75) is 32.9 Å². The lowest BCUT2D eigenvalue weighted by atomic mass is 10.2. The highest BCUT2D eigenvalue weighted by molar-refractivity contribution is 5.80. The van der Waals surface area contributed by atoms with Gasteiger partial charge in [0.25, 0.3) is 0 Å². The van der Waals surface area contributed by atoms with Crippen molar-refractivity contribution >= 4 is 5.84 Å². The molecule has 0 aliphatic carbocycles. The van der Waals surface area contributed by atoms with Gasteiger partial charge < -0.3 is 11.1 Å². The Morgan fingerprint density at radius 3 is 2.41 bits per heavy atom. The predicted octanol–water partition coefficient (Wildman–Crippen LogP) is 2.71. The van der Waals surface area contributed by atoms with Gasteiger partial charge in [-0.15, -0.1) is 0 Å². The monoisotopic (exact) mass is 249 g/mol. The molecule has 17 heavy (non-hydrogen) atoms. The molecular formula is C11H18F3N3. The van der Waals surface area contributed by atoms with Crippen LogP contribution in [0.5, 0.6) is 0 Å². The van der Waals surface area contributed by atoms with Crippen LogP contribution in [0.15, 0.2) is 29.0 Å². The lowest BCUT2D eigenvalue weighted by molar-refractivity contribution is -0.0899. The number of nitrogens with zero attached hydrogens (tertiary/aromatic N) is 1. The molecule has 98 valence electrons. The number of aliphatic imine (C=N–C) groups is 1. The van der Waals surface area contributed by atoms with Crippen LogP contribution >= 0.6 is 0 Å². The van der Waals surface area contributed by atoms with Crippen molar-refractivity contribution in [1.29, 1.82) is 0 Å². The van der Waals surface area contributed by atoms with Crippen molar-refractivity contribution in [3.63, 3.8) is 0 Å². The fraction of sp³-hybridized carbons (Fsp3) is 0.545. The van der Waals surface area contributed by atoms with E-state index in [1.807, 2.05) is 6.92 Å². The van der Waals surface area contributed by atoms with E-state index in [1.54, 1.807) is 6.92 Å². The van der Waals surface area contributed by atoms with E-state index in [9.17, 15) is 13.2 Å². The van der Waals surface area contributed by atoms with E-state index >= 15 is 0 Å². The Labute approximate surface area is 99.3 Å². The SMILES string of the molecule is C=C(NCCC)/C(=C\N=C(\N)CC)C(F)(F)F. The topological polar surface area (TPSA) is 50.4 Å². The van der Waals surface area contributed by atoms with Crippen LogP contribution in [0, 0.1) is 0 Å². The normalized spacial score (nSPS) is 13.7. The van der Waals surface area contributed by atoms with Gasteiger partial charge in [0.05, 0.1) is 11.4 Å². The minimum atomic E-state index is -4.49. The zero-order chi connectivity index (χ0) is 13.5. The summed E-state index contributed by atoms with van der Waals surface area (Å²) in [7, 11) is 0. The first-order chi connectivity index (χ1) is 7.82. The van der Waals surface area contributed by atoms with E-state index < -0.39 is 11.7 Å². The Morgan fingerprint density at radius 1 is 1.41 bits per heavy atom. The molecule has 6 heteroatoms. The fourth-order valence-electron chi connectivity index (χ4n) is 0.932. The van der Waals surface area contributed by atoms with Crippen LogP contribution in [0.2, 0.25) is 0 Å². The third kappa shape index (κ3) is 5.99. The lowest BCUT2D eigenvalue weighted by Gasteiger charge is -2.14. The summed E-state index contributed by atoms with van der Waals surface area (Å²) in [6.07, 6.45) is -2.67. The van der Waals surface area contributed by atoms with Gasteiger partial charge >= 0.3 is 6.18 Å². The molecule has 0 amide bonds. The minimum absolute atomic E-state index is 0.148. The first-order valence-corrected chi connectivity index (χ1v) is 5.35. The molecule has 0 aliphatic heterocycles. The average Bonchev–Trinajstić information content (AvgIpc) is 2.24. The maximum absolute atomic E-state index is 12.7. The predicted molar refractivity (Wildman–Crippen MR) is 63.5 cm³/mol. The number of nitrogens with one attached hydrogen (secondary N) is 1. The number of amidine groups is 1. The van der Waals surface area contributed by atoms with Crippen LogP contribution in [0.4, 0.5) is 13.2 Å². The molecule has 0 fully saturated rings. The van der Waals surface area contributed by atoms with Crippen LogP contribution in [0.3, 0.4) is 0 Å². The van der Waals surface area contributed by atoms with Gasteiger partial charge in [-0.05, 0) is 6.42 Å². The number of hydrogen-bond acceptors (Lipinski definition) is 2. The maximum atomic E-state index is 12.7. The molecule has 0 heterocycles. The van der Waals surface area contributed by atoms with E-state index in [0.29, 0.717) is 25.6 Å². The van der Waals surface area contributed by atoms with E-state index in [2.05, 4.69) is 16.9 Å². The van der Waals surface area contributed by atoms with Crippen molar-refractivity contribution in [3.05, 3.63) is 24.0 Å². The quantitative estimate of drug-likeness (QED) is 0.432. The standard InChI is InChI=1S/C11H18F3N3/c1-4-6-16-8(3)9(11(12,13)14)7-17-10(15)5-2/h7,16H,3-6H2,1-2H3,(H2,15,17)/b9-7+. The van der Waals surface area contributed by atoms with Gasteiger partial charge in [0.15, 0.2) is 0 Å². The van der Waals surface area contributed by atoms with Gasteiger partial charge in [0.2, 0.25) is 0 Å². The summed E-state index contributed by atoms with van der Waals surface area (Å²) < 4.78 is 38.0. The molecule has 0 unspecified atom stereocenters. The van der Waals surface area contributed by atoms with Gasteiger partial charge in [0.1, 0.15) is 0 Å². The number of nitrogens with two attached hydrogens (primary N) is 1. The second-order valence-electron chi connectivity index (χ2n) is 3.42. The first-order valence-electron chi connectivity index (χ1n) is 5.35. The number of hydrogen-bond donors (Lipinski definition) is 2. The van der Waals surface area contributed by atoms with Crippen molar-refractivity contribution in [3.8, 4) is 0 Å². The van der Waals surface area contributed by atoms with Crippen LogP contribution in [0.25, 0.3) is 0 Å². The summed E-state index contributed by atoms with van der Waals surface area (Å²) in [5.41, 5.74) is 4.26. The maximum Gasteiger partial charge on any atom is 0.419 e. The Morgan fingerprint density at radius 2 is 2.00 bits per heavy atom. The van der Waals surface area contributed by atoms with E-state index in [-0.39, 0.29) is 11.5 Å². The lowest BCUT2D eigenvalue weighted by Crippen LogP contribution is -2.23. The molecule has 0 atom stereocenters. The highest BCUT2D eigenvalue weighted by Gasteiger charge is 2.35. The highest BCUT2D eigenvalue weighted by atomic mass is 19.4. The summed E-state index contributed by atoms with van der Waals surface area (Å²) in [5, 5.41) is 2.59. The van der Waals surface area contributed by atoms with E-state index in [1.165, 1.54) is 0 Å². The Kier molecular flexibility index (Phi) is 6.38. The fourth-order valence-corrected chi connectivity index (χ4v) is 0.932. The third-order valence-electron chi connectivity index (χ3n) is 1.94. The zero-order valence-corrected chi connectivity index (χ0v) is 10.1. The average molecular weight is 249 g/mol. The number of allylic oxidation sites excluding steroid dienone is 1.